The number of amides is 1. The Morgan fingerprint density at radius 2 is 2.22 bits per heavy atom. The maximum Gasteiger partial charge on any atom is 0.257 e. The molecule has 0 radical (unpaired) electrons. The number of aryl methyl sites for hydroxylation is 1. The molecule has 1 atom stereocenters. The van der Waals surface area contributed by atoms with E-state index in [0.717, 1.165) is 11.2 Å². The van der Waals surface area contributed by atoms with Crippen molar-refractivity contribution in [3.8, 4) is 0 Å². The van der Waals surface area contributed by atoms with Crippen LogP contribution in [0.25, 0.3) is 11.0 Å². The molecule has 7 nitrogen and oxygen atoms in total. The highest BCUT2D eigenvalue weighted by molar-refractivity contribution is 6.05. The Bertz CT molecular complexity index is 854. The van der Waals surface area contributed by atoms with Gasteiger partial charge in [-0.2, -0.15) is 0 Å². The molecule has 0 unspecified atom stereocenters. The summed E-state index contributed by atoms with van der Waals surface area (Å²) in [6, 6.07) is 7.54. The second-order valence-electron chi connectivity index (χ2n) is 5.56. The van der Waals surface area contributed by atoms with E-state index in [-0.39, 0.29) is 12.0 Å². The average molecular weight is 312 g/mol. The Balaban J connectivity index is 1.60. The first kappa shape index (κ1) is 14.0. The summed E-state index contributed by atoms with van der Waals surface area (Å²) < 4.78 is 13.0. The summed E-state index contributed by atoms with van der Waals surface area (Å²) in [5, 5.41) is 8.78. The molecule has 0 spiro atoms. The number of furan rings is 1. The minimum absolute atomic E-state index is 0.0505. The van der Waals surface area contributed by atoms with Gasteiger partial charge < -0.3 is 18.6 Å². The fourth-order valence-corrected chi connectivity index (χ4v) is 2.89. The van der Waals surface area contributed by atoms with E-state index < -0.39 is 0 Å². The number of ether oxygens (including phenoxy) is 1. The number of morpholine rings is 1. The molecule has 2 aromatic heterocycles. The molecule has 1 aliphatic heterocycles. The number of nitrogens with zero attached hydrogens (tertiary/aromatic N) is 4. The van der Waals surface area contributed by atoms with Crippen molar-refractivity contribution in [2.45, 2.75) is 6.10 Å². The van der Waals surface area contributed by atoms with E-state index in [1.807, 2.05) is 35.9 Å². The highest BCUT2D eigenvalue weighted by Crippen LogP contribution is 2.25. The first-order valence-corrected chi connectivity index (χ1v) is 7.45. The molecule has 4 rings (SSSR count). The average Bonchev–Trinajstić information content (AvgIpc) is 3.20. The zero-order chi connectivity index (χ0) is 15.8. The van der Waals surface area contributed by atoms with E-state index in [9.17, 15) is 4.79 Å². The van der Waals surface area contributed by atoms with Gasteiger partial charge >= 0.3 is 0 Å². The van der Waals surface area contributed by atoms with Crippen LogP contribution >= 0.6 is 0 Å². The van der Waals surface area contributed by atoms with Crippen LogP contribution in [0.1, 0.15) is 22.3 Å². The SMILES string of the molecule is Cn1cnnc1[C@H]1CN(C(=O)c2coc3ccccc23)CCO1. The summed E-state index contributed by atoms with van der Waals surface area (Å²) in [5.41, 5.74) is 1.30. The number of rotatable bonds is 2. The first-order chi connectivity index (χ1) is 11.2. The lowest BCUT2D eigenvalue weighted by atomic mass is 10.1. The van der Waals surface area contributed by atoms with Crippen LogP contribution in [0.3, 0.4) is 0 Å². The van der Waals surface area contributed by atoms with Gasteiger partial charge in [0.05, 0.1) is 18.7 Å². The highest BCUT2D eigenvalue weighted by Gasteiger charge is 2.30. The molecule has 3 aromatic rings. The molecule has 1 amide bonds. The van der Waals surface area contributed by atoms with Gasteiger partial charge in [0.15, 0.2) is 5.82 Å². The van der Waals surface area contributed by atoms with Crippen LogP contribution in [0.4, 0.5) is 0 Å². The standard InChI is InChI=1S/C16H16N4O3/c1-19-10-17-18-15(19)14-8-20(6-7-22-14)16(21)12-9-23-13-5-3-2-4-11(12)13/h2-5,9-10,14H,6-8H2,1H3/t14-/m1/s1. The van der Waals surface area contributed by atoms with Crippen LogP contribution in [0.5, 0.6) is 0 Å². The van der Waals surface area contributed by atoms with Crippen molar-refractivity contribution in [3.63, 3.8) is 0 Å². The van der Waals surface area contributed by atoms with Gasteiger partial charge in [0, 0.05) is 19.0 Å². The molecule has 0 saturated carbocycles. The van der Waals surface area contributed by atoms with Crippen molar-refractivity contribution in [1.29, 1.82) is 0 Å². The second-order valence-corrected chi connectivity index (χ2v) is 5.56. The Kier molecular flexibility index (Phi) is 3.34. The molecule has 3 heterocycles. The quantitative estimate of drug-likeness (QED) is 0.721. The number of aromatic nitrogens is 3. The molecule has 1 saturated heterocycles. The van der Waals surface area contributed by atoms with Crippen molar-refractivity contribution in [1.82, 2.24) is 19.7 Å². The van der Waals surface area contributed by atoms with Crippen molar-refractivity contribution in [2.24, 2.45) is 7.05 Å². The predicted molar refractivity (Wildman–Crippen MR) is 81.8 cm³/mol. The monoisotopic (exact) mass is 312 g/mol. The fourth-order valence-electron chi connectivity index (χ4n) is 2.89. The van der Waals surface area contributed by atoms with Crippen LogP contribution in [0.2, 0.25) is 0 Å². The number of hydrogen-bond acceptors (Lipinski definition) is 5. The van der Waals surface area contributed by atoms with Crippen molar-refractivity contribution in [2.75, 3.05) is 19.7 Å². The third-order valence-corrected chi connectivity index (χ3v) is 4.10. The van der Waals surface area contributed by atoms with Crippen molar-refractivity contribution >= 4 is 16.9 Å². The zero-order valence-electron chi connectivity index (χ0n) is 12.7. The predicted octanol–water partition coefficient (Wildman–Crippen LogP) is 1.77. The summed E-state index contributed by atoms with van der Waals surface area (Å²) in [6.07, 6.45) is 2.89. The van der Waals surface area contributed by atoms with E-state index in [1.54, 1.807) is 11.2 Å². The largest absolute Gasteiger partial charge is 0.463 e. The number of para-hydroxylation sites is 1. The molecule has 0 aliphatic carbocycles. The molecular weight excluding hydrogens is 296 g/mol. The Hall–Kier alpha value is -2.67. The lowest BCUT2D eigenvalue weighted by Crippen LogP contribution is -2.42. The van der Waals surface area contributed by atoms with E-state index in [4.69, 9.17) is 9.15 Å². The van der Waals surface area contributed by atoms with Crippen LogP contribution in [-0.2, 0) is 11.8 Å². The van der Waals surface area contributed by atoms with Gasteiger partial charge in [0.1, 0.15) is 24.3 Å². The number of benzene rings is 1. The van der Waals surface area contributed by atoms with Crippen LogP contribution in [0, 0.1) is 0 Å². The summed E-state index contributed by atoms with van der Waals surface area (Å²) in [6.45, 7) is 1.47. The van der Waals surface area contributed by atoms with Crippen LogP contribution < -0.4 is 0 Å². The molecule has 1 fully saturated rings. The Morgan fingerprint density at radius 3 is 3.04 bits per heavy atom. The smallest absolute Gasteiger partial charge is 0.257 e. The van der Waals surface area contributed by atoms with Crippen molar-refractivity contribution < 1.29 is 13.9 Å². The van der Waals surface area contributed by atoms with E-state index in [2.05, 4.69) is 10.2 Å². The molecule has 23 heavy (non-hydrogen) atoms. The molecule has 0 bridgehead atoms. The number of fused-ring (bicyclic) bond motifs is 1. The molecule has 1 aromatic carbocycles. The van der Waals surface area contributed by atoms with Crippen LogP contribution in [0.15, 0.2) is 41.3 Å². The Labute approximate surface area is 132 Å². The molecule has 118 valence electrons. The molecule has 0 N–H and O–H groups in total. The fraction of sp³-hybridized carbons (Fsp3) is 0.312. The van der Waals surface area contributed by atoms with E-state index >= 15 is 0 Å². The van der Waals surface area contributed by atoms with Gasteiger partial charge in [-0.25, -0.2) is 0 Å². The third-order valence-electron chi connectivity index (χ3n) is 4.10. The lowest BCUT2D eigenvalue weighted by Gasteiger charge is -2.32. The second kappa shape index (κ2) is 5.51. The topological polar surface area (TPSA) is 73.4 Å². The van der Waals surface area contributed by atoms with Gasteiger partial charge in [0.25, 0.3) is 5.91 Å². The summed E-state index contributed by atoms with van der Waals surface area (Å²) in [7, 11) is 1.86. The molecule has 7 heteroatoms. The maximum atomic E-state index is 12.8. The first-order valence-electron chi connectivity index (χ1n) is 7.45. The van der Waals surface area contributed by atoms with E-state index in [0.29, 0.717) is 30.8 Å². The highest BCUT2D eigenvalue weighted by atomic mass is 16.5. The third kappa shape index (κ3) is 2.39. The van der Waals surface area contributed by atoms with Gasteiger partial charge in [-0.1, -0.05) is 18.2 Å². The van der Waals surface area contributed by atoms with Gasteiger partial charge in [-0.15, -0.1) is 10.2 Å². The zero-order valence-corrected chi connectivity index (χ0v) is 12.7. The van der Waals surface area contributed by atoms with Crippen molar-refractivity contribution in [3.05, 3.63) is 48.2 Å². The summed E-state index contributed by atoms with van der Waals surface area (Å²) in [5.74, 6) is 0.671. The minimum Gasteiger partial charge on any atom is -0.463 e. The number of carbonyl (C=O) groups excluding carboxylic acids is 1. The van der Waals surface area contributed by atoms with Crippen LogP contribution in [-0.4, -0.2) is 45.3 Å². The summed E-state index contributed by atoms with van der Waals surface area (Å²) in [4.78, 5) is 14.6. The maximum absolute atomic E-state index is 12.8. The normalized spacial score (nSPS) is 18.5. The molecule has 1 aliphatic rings. The number of hydrogen-bond donors (Lipinski definition) is 0. The number of carbonyl (C=O) groups is 1. The summed E-state index contributed by atoms with van der Waals surface area (Å²) >= 11 is 0. The van der Waals surface area contributed by atoms with E-state index in [1.165, 1.54) is 6.26 Å². The molecular formula is C16H16N4O3. The van der Waals surface area contributed by atoms with Gasteiger partial charge in [-0.05, 0) is 6.07 Å². The Morgan fingerprint density at radius 1 is 1.35 bits per heavy atom. The van der Waals surface area contributed by atoms with Gasteiger partial charge in [0.2, 0.25) is 0 Å². The lowest BCUT2D eigenvalue weighted by molar-refractivity contribution is -0.0280. The van der Waals surface area contributed by atoms with Gasteiger partial charge in [-0.3, -0.25) is 4.79 Å². The minimum atomic E-state index is -0.265.